The molecular formula is C22H21N5O3. The van der Waals surface area contributed by atoms with Gasteiger partial charge in [-0.2, -0.15) is 4.98 Å². The Kier molecular flexibility index (Phi) is 5.38. The average molecular weight is 403 g/mol. The molecule has 0 fully saturated rings. The molecule has 4 rings (SSSR count). The van der Waals surface area contributed by atoms with Crippen molar-refractivity contribution < 1.29 is 9.32 Å². The van der Waals surface area contributed by atoms with E-state index in [1.807, 2.05) is 38.1 Å². The maximum absolute atomic E-state index is 12.9. The van der Waals surface area contributed by atoms with Crippen molar-refractivity contribution in [2.24, 2.45) is 0 Å². The first kappa shape index (κ1) is 19.5. The zero-order valence-electron chi connectivity index (χ0n) is 16.8. The Morgan fingerprint density at radius 3 is 2.57 bits per heavy atom. The van der Waals surface area contributed by atoms with Crippen LogP contribution in [-0.2, 0) is 11.3 Å². The minimum absolute atomic E-state index is 0.0204. The number of para-hydroxylation sites is 1. The number of amides is 1. The molecule has 3 aromatic heterocycles. The molecule has 0 bridgehead atoms. The van der Waals surface area contributed by atoms with E-state index in [0.29, 0.717) is 30.0 Å². The van der Waals surface area contributed by atoms with Crippen molar-refractivity contribution >= 4 is 16.8 Å². The first-order valence-electron chi connectivity index (χ1n) is 9.77. The van der Waals surface area contributed by atoms with Gasteiger partial charge in [-0.25, -0.2) is 0 Å². The number of hydrogen-bond acceptors (Lipinski definition) is 6. The summed E-state index contributed by atoms with van der Waals surface area (Å²) in [6.07, 6.45) is 3.30. The van der Waals surface area contributed by atoms with Crippen LogP contribution in [-0.4, -0.2) is 43.6 Å². The van der Waals surface area contributed by atoms with E-state index in [0.717, 1.165) is 10.9 Å². The monoisotopic (exact) mass is 403 g/mol. The molecule has 0 saturated heterocycles. The molecular weight excluding hydrogens is 382 g/mol. The Morgan fingerprint density at radius 1 is 1.10 bits per heavy atom. The summed E-state index contributed by atoms with van der Waals surface area (Å²) in [5.41, 5.74) is 1.65. The maximum atomic E-state index is 12.9. The summed E-state index contributed by atoms with van der Waals surface area (Å²) in [6, 6.07) is 12.4. The molecule has 0 aliphatic heterocycles. The second-order valence-electron chi connectivity index (χ2n) is 6.72. The van der Waals surface area contributed by atoms with Gasteiger partial charge in [0.2, 0.25) is 11.7 Å². The number of carbonyl (C=O) groups is 1. The number of nitrogens with zero attached hydrogens (tertiary/aromatic N) is 5. The van der Waals surface area contributed by atoms with E-state index in [1.54, 1.807) is 29.4 Å². The van der Waals surface area contributed by atoms with Crippen molar-refractivity contribution in [1.29, 1.82) is 0 Å². The molecule has 0 spiro atoms. The van der Waals surface area contributed by atoms with Gasteiger partial charge in [0.25, 0.3) is 11.4 Å². The highest BCUT2D eigenvalue weighted by Crippen LogP contribution is 2.27. The van der Waals surface area contributed by atoms with Crippen molar-refractivity contribution in [2.75, 3.05) is 13.1 Å². The lowest BCUT2D eigenvalue weighted by molar-refractivity contribution is -0.131. The van der Waals surface area contributed by atoms with Crippen LogP contribution in [0.15, 0.2) is 64.2 Å². The van der Waals surface area contributed by atoms with Gasteiger partial charge in [-0.1, -0.05) is 23.4 Å². The fourth-order valence-electron chi connectivity index (χ4n) is 3.44. The summed E-state index contributed by atoms with van der Waals surface area (Å²) < 4.78 is 6.94. The number of rotatable bonds is 6. The van der Waals surface area contributed by atoms with Gasteiger partial charge in [-0.15, -0.1) is 0 Å². The molecule has 0 aliphatic rings. The normalized spacial score (nSPS) is 11.0. The van der Waals surface area contributed by atoms with Gasteiger partial charge in [0, 0.05) is 42.5 Å². The second kappa shape index (κ2) is 8.28. The van der Waals surface area contributed by atoms with Crippen LogP contribution < -0.4 is 5.56 Å². The summed E-state index contributed by atoms with van der Waals surface area (Å²) in [5, 5.41) is 4.79. The second-order valence-corrected chi connectivity index (χ2v) is 6.72. The SMILES string of the molecule is CCN(CC)C(=O)Cn1c(=O)cc(-c2nc(-c3ccncc3)no2)c2ccccc21. The summed E-state index contributed by atoms with van der Waals surface area (Å²) >= 11 is 0. The van der Waals surface area contributed by atoms with Crippen molar-refractivity contribution in [1.82, 2.24) is 24.6 Å². The predicted molar refractivity (Wildman–Crippen MR) is 113 cm³/mol. The first-order chi connectivity index (χ1) is 14.6. The number of pyridine rings is 2. The summed E-state index contributed by atoms with van der Waals surface area (Å²) in [5.74, 6) is 0.562. The number of likely N-dealkylation sites (N-methyl/N-ethyl adjacent to an activating group) is 1. The van der Waals surface area contributed by atoms with Crippen molar-refractivity contribution in [2.45, 2.75) is 20.4 Å². The summed E-state index contributed by atoms with van der Waals surface area (Å²) in [4.78, 5) is 35.7. The van der Waals surface area contributed by atoms with E-state index in [-0.39, 0.29) is 23.9 Å². The van der Waals surface area contributed by atoms with Crippen LogP contribution >= 0.6 is 0 Å². The molecule has 0 unspecified atom stereocenters. The third-order valence-electron chi connectivity index (χ3n) is 5.02. The number of benzene rings is 1. The van der Waals surface area contributed by atoms with Gasteiger partial charge in [0.1, 0.15) is 6.54 Å². The average Bonchev–Trinajstić information content (AvgIpc) is 3.27. The molecule has 0 saturated carbocycles. The Balaban J connectivity index is 1.80. The van der Waals surface area contributed by atoms with E-state index in [4.69, 9.17) is 4.52 Å². The zero-order chi connectivity index (χ0) is 21.1. The number of aromatic nitrogens is 4. The number of fused-ring (bicyclic) bond motifs is 1. The molecule has 8 nitrogen and oxygen atoms in total. The number of hydrogen-bond donors (Lipinski definition) is 0. The van der Waals surface area contributed by atoms with Crippen LogP contribution in [0.25, 0.3) is 33.7 Å². The molecule has 1 aromatic carbocycles. The minimum Gasteiger partial charge on any atom is -0.342 e. The third kappa shape index (κ3) is 3.59. The lowest BCUT2D eigenvalue weighted by Gasteiger charge is -2.20. The van der Waals surface area contributed by atoms with Crippen molar-refractivity contribution in [3.8, 4) is 22.8 Å². The number of carbonyl (C=O) groups excluding carboxylic acids is 1. The van der Waals surface area contributed by atoms with Crippen LogP contribution in [0.5, 0.6) is 0 Å². The highest BCUT2D eigenvalue weighted by Gasteiger charge is 2.19. The van der Waals surface area contributed by atoms with Crippen LogP contribution in [0.3, 0.4) is 0 Å². The summed E-state index contributed by atoms with van der Waals surface area (Å²) in [7, 11) is 0. The maximum Gasteiger partial charge on any atom is 0.259 e. The minimum atomic E-state index is -0.298. The van der Waals surface area contributed by atoms with E-state index >= 15 is 0 Å². The molecule has 0 radical (unpaired) electrons. The van der Waals surface area contributed by atoms with Crippen molar-refractivity contribution in [3.63, 3.8) is 0 Å². The van der Waals surface area contributed by atoms with Crippen LogP contribution in [0.1, 0.15) is 13.8 Å². The molecule has 30 heavy (non-hydrogen) atoms. The molecule has 8 heteroatoms. The molecule has 3 heterocycles. The molecule has 0 atom stereocenters. The Hall–Kier alpha value is -3.81. The Bertz CT molecular complexity index is 1240. The van der Waals surface area contributed by atoms with E-state index < -0.39 is 0 Å². The Morgan fingerprint density at radius 2 is 1.83 bits per heavy atom. The summed E-state index contributed by atoms with van der Waals surface area (Å²) in [6.45, 7) is 5.01. The lowest BCUT2D eigenvalue weighted by Crippen LogP contribution is -2.36. The first-order valence-corrected chi connectivity index (χ1v) is 9.77. The lowest BCUT2D eigenvalue weighted by atomic mass is 10.1. The van der Waals surface area contributed by atoms with Gasteiger partial charge in [0.05, 0.1) is 11.1 Å². The van der Waals surface area contributed by atoms with Gasteiger partial charge >= 0.3 is 0 Å². The zero-order valence-corrected chi connectivity index (χ0v) is 16.8. The third-order valence-corrected chi connectivity index (χ3v) is 5.02. The van der Waals surface area contributed by atoms with E-state index in [9.17, 15) is 9.59 Å². The highest BCUT2D eigenvalue weighted by atomic mass is 16.5. The molecule has 152 valence electrons. The van der Waals surface area contributed by atoms with E-state index in [1.165, 1.54) is 10.6 Å². The molecule has 0 N–H and O–H groups in total. The molecule has 4 aromatic rings. The topological polar surface area (TPSA) is 94.1 Å². The van der Waals surface area contributed by atoms with E-state index in [2.05, 4.69) is 15.1 Å². The van der Waals surface area contributed by atoms with Gasteiger partial charge in [-0.3, -0.25) is 19.1 Å². The van der Waals surface area contributed by atoms with Crippen molar-refractivity contribution in [3.05, 3.63) is 65.2 Å². The smallest absolute Gasteiger partial charge is 0.259 e. The largest absolute Gasteiger partial charge is 0.342 e. The quantitative estimate of drug-likeness (QED) is 0.491. The fourth-order valence-corrected chi connectivity index (χ4v) is 3.44. The van der Waals surface area contributed by atoms with Gasteiger partial charge in [-0.05, 0) is 32.0 Å². The van der Waals surface area contributed by atoms with Crippen LogP contribution in [0, 0.1) is 0 Å². The van der Waals surface area contributed by atoms with Gasteiger partial charge in [0.15, 0.2) is 0 Å². The fraction of sp³-hybridized carbons (Fsp3) is 0.227. The highest BCUT2D eigenvalue weighted by molar-refractivity contribution is 5.93. The molecule has 1 amide bonds. The molecule has 0 aliphatic carbocycles. The van der Waals surface area contributed by atoms with Crippen LogP contribution in [0.2, 0.25) is 0 Å². The Labute approximate surface area is 172 Å². The standard InChI is InChI=1S/C22H21N5O3/c1-3-26(4-2)20(29)14-27-18-8-6-5-7-16(18)17(13-19(27)28)22-24-21(25-30-22)15-9-11-23-12-10-15/h5-13H,3-4,14H2,1-2H3. The van der Waals surface area contributed by atoms with Crippen LogP contribution in [0.4, 0.5) is 0 Å². The predicted octanol–water partition coefficient (Wildman–Crippen LogP) is 2.98. The van der Waals surface area contributed by atoms with Gasteiger partial charge < -0.3 is 9.42 Å².